The summed E-state index contributed by atoms with van der Waals surface area (Å²) in [5.74, 6) is 0. The van der Waals surface area contributed by atoms with Crippen LogP contribution in [0.1, 0.15) is 0 Å². The molecule has 0 unspecified atom stereocenters. The van der Waals surface area contributed by atoms with Gasteiger partial charge in [-0.2, -0.15) is 0 Å². The summed E-state index contributed by atoms with van der Waals surface area (Å²) in [6, 6.07) is 9.82. The van der Waals surface area contributed by atoms with Crippen molar-refractivity contribution >= 4 is 5.69 Å². The first kappa shape index (κ1) is 5.74. The zero-order chi connectivity index (χ0) is 5.82. The van der Waals surface area contributed by atoms with Gasteiger partial charge in [0.15, 0.2) is 0 Å². The van der Waals surface area contributed by atoms with Crippen molar-refractivity contribution in [2.45, 2.75) is 0 Å². The van der Waals surface area contributed by atoms with Crippen molar-refractivity contribution in [3.63, 3.8) is 0 Å². The molecule has 0 atom stereocenters. The molecule has 0 amide bonds. The number of hydrogen-bond acceptors (Lipinski definition) is 1. The minimum absolute atomic E-state index is 1.01. The van der Waals surface area contributed by atoms with Gasteiger partial charge in [-0.3, -0.25) is 0 Å². The third kappa shape index (κ3) is 1.29. The van der Waals surface area contributed by atoms with Crippen LogP contribution in [0.4, 0.5) is 5.69 Å². The molecule has 0 saturated heterocycles. The van der Waals surface area contributed by atoms with E-state index in [-0.39, 0.29) is 0 Å². The van der Waals surface area contributed by atoms with Crippen LogP contribution in [0.2, 0.25) is 0 Å². The van der Waals surface area contributed by atoms with E-state index in [4.69, 9.17) is 0 Å². The van der Waals surface area contributed by atoms with E-state index in [0.717, 1.165) is 5.69 Å². The fourth-order valence-corrected chi connectivity index (χ4v) is 0.703. The molecular weight excluding hydrogens is 137 g/mol. The molecule has 0 heterocycles. The van der Waals surface area contributed by atoms with Crippen molar-refractivity contribution in [1.82, 2.24) is 0 Å². The van der Waals surface area contributed by atoms with E-state index in [0.29, 0.717) is 0 Å². The van der Waals surface area contributed by atoms with E-state index in [1.165, 1.54) is 0 Å². The van der Waals surface area contributed by atoms with Gasteiger partial charge in [0.25, 0.3) is 0 Å². The molecular formula is C6H5NV+2. The van der Waals surface area contributed by atoms with Crippen LogP contribution in [-0.2, 0) is 17.2 Å². The Balaban J connectivity index is 2.99. The summed E-state index contributed by atoms with van der Waals surface area (Å²) in [6.07, 6.45) is 0. The molecule has 1 rings (SSSR count). The van der Waals surface area contributed by atoms with Crippen LogP contribution in [0.25, 0.3) is 0 Å². The van der Waals surface area contributed by atoms with Crippen molar-refractivity contribution in [1.29, 1.82) is 0 Å². The summed E-state index contributed by atoms with van der Waals surface area (Å²) in [5, 5.41) is 0. The molecule has 37 valence electrons. The molecule has 0 saturated carbocycles. The third-order valence-corrected chi connectivity index (χ3v) is 1.23. The van der Waals surface area contributed by atoms with Crippen LogP contribution in [0, 0.1) is 0 Å². The van der Waals surface area contributed by atoms with Gasteiger partial charge in [-0.15, -0.1) is 0 Å². The van der Waals surface area contributed by atoms with Crippen LogP contribution in [0.15, 0.2) is 34.1 Å². The van der Waals surface area contributed by atoms with Gasteiger partial charge in [0.2, 0.25) is 0 Å². The van der Waals surface area contributed by atoms with E-state index in [1.54, 1.807) is 0 Å². The summed E-state index contributed by atoms with van der Waals surface area (Å²) in [4.78, 5) is 0. The van der Waals surface area contributed by atoms with Gasteiger partial charge >= 0.3 is 57.0 Å². The second kappa shape index (κ2) is 2.80. The second-order valence-electron chi connectivity index (χ2n) is 1.44. The van der Waals surface area contributed by atoms with Crippen molar-refractivity contribution < 1.29 is 17.2 Å². The van der Waals surface area contributed by atoms with Crippen LogP contribution in [0.3, 0.4) is 0 Å². The van der Waals surface area contributed by atoms with Crippen molar-refractivity contribution in [3.8, 4) is 0 Å². The molecule has 0 radical (unpaired) electrons. The zero-order valence-electron chi connectivity index (χ0n) is 4.28. The molecule has 2 heteroatoms. The predicted molar refractivity (Wildman–Crippen MR) is 28.5 cm³/mol. The summed E-state index contributed by atoms with van der Waals surface area (Å²) in [7, 11) is 0. The molecule has 0 aliphatic carbocycles. The van der Waals surface area contributed by atoms with Gasteiger partial charge in [-0.05, 0) is 0 Å². The number of nitrogens with zero attached hydrogens (tertiary/aromatic N) is 1. The average molecular weight is 142 g/mol. The van der Waals surface area contributed by atoms with Gasteiger partial charge in [-0.25, -0.2) is 0 Å². The Labute approximate surface area is 57.5 Å². The van der Waals surface area contributed by atoms with Gasteiger partial charge in [0, 0.05) is 0 Å². The average Bonchev–Trinajstić information content (AvgIpc) is 1.90. The Hall–Kier alpha value is -0.396. The maximum atomic E-state index is 3.91. The van der Waals surface area contributed by atoms with Crippen molar-refractivity contribution in [2.75, 3.05) is 0 Å². The van der Waals surface area contributed by atoms with E-state index >= 15 is 0 Å². The Morgan fingerprint density at radius 3 is 2.12 bits per heavy atom. The molecule has 1 aromatic rings. The molecule has 1 aromatic carbocycles. The zero-order valence-corrected chi connectivity index (χ0v) is 5.68. The fraction of sp³-hybridized carbons (Fsp3) is 0. The molecule has 0 aliphatic heterocycles. The molecule has 0 aliphatic rings. The molecule has 0 spiro atoms. The van der Waals surface area contributed by atoms with Crippen LogP contribution >= 0.6 is 0 Å². The SMILES string of the molecule is [V+2]=[N]c1ccccc1. The molecule has 0 aromatic heterocycles. The van der Waals surface area contributed by atoms with Gasteiger partial charge < -0.3 is 0 Å². The Morgan fingerprint density at radius 2 is 1.75 bits per heavy atom. The second-order valence-corrected chi connectivity index (χ2v) is 1.75. The molecule has 8 heavy (non-hydrogen) atoms. The summed E-state index contributed by atoms with van der Waals surface area (Å²) in [6.45, 7) is 0. The minimum atomic E-state index is 1.01. The molecule has 0 fully saturated rings. The van der Waals surface area contributed by atoms with E-state index < -0.39 is 0 Å². The van der Waals surface area contributed by atoms with Gasteiger partial charge in [0.05, 0.1) is 0 Å². The first-order chi connectivity index (χ1) is 3.93. The third-order valence-electron chi connectivity index (χ3n) is 0.872. The monoisotopic (exact) mass is 142 g/mol. The van der Waals surface area contributed by atoms with Crippen LogP contribution in [-0.4, -0.2) is 0 Å². The standard InChI is InChI=1S/C6H5N.V/c7-6-4-2-1-3-5-6;/h1-5H;/q;+2. The Morgan fingerprint density at radius 1 is 1.12 bits per heavy atom. The Kier molecular flexibility index (Phi) is 2.01. The van der Waals surface area contributed by atoms with Crippen molar-refractivity contribution in [3.05, 3.63) is 30.3 Å². The van der Waals surface area contributed by atoms with Gasteiger partial charge in [-0.1, -0.05) is 0 Å². The number of rotatable bonds is 1. The van der Waals surface area contributed by atoms with Gasteiger partial charge in [0.1, 0.15) is 0 Å². The first-order valence-corrected chi connectivity index (χ1v) is 2.96. The number of benzene rings is 1. The van der Waals surface area contributed by atoms with Crippen LogP contribution in [0.5, 0.6) is 0 Å². The first-order valence-electron chi connectivity index (χ1n) is 2.33. The topological polar surface area (TPSA) is 12.4 Å². The quantitative estimate of drug-likeness (QED) is 0.569. The van der Waals surface area contributed by atoms with E-state index in [9.17, 15) is 0 Å². The number of hydrogen-bond donors (Lipinski definition) is 0. The normalized spacial score (nSPS) is 8.75. The van der Waals surface area contributed by atoms with Crippen molar-refractivity contribution in [2.24, 2.45) is 3.79 Å². The Bertz CT molecular complexity index is 171. The van der Waals surface area contributed by atoms with E-state index in [2.05, 4.69) is 21.0 Å². The fourth-order valence-electron chi connectivity index (χ4n) is 0.495. The predicted octanol–water partition coefficient (Wildman–Crippen LogP) is 2.05. The summed E-state index contributed by atoms with van der Waals surface area (Å²) < 4.78 is 3.91. The summed E-state index contributed by atoms with van der Waals surface area (Å²) >= 11 is 2.19. The van der Waals surface area contributed by atoms with Crippen LogP contribution < -0.4 is 0 Å². The molecule has 0 bridgehead atoms. The summed E-state index contributed by atoms with van der Waals surface area (Å²) in [5.41, 5.74) is 1.01. The van der Waals surface area contributed by atoms with E-state index in [1.807, 2.05) is 30.3 Å². The molecule has 0 N–H and O–H groups in total. The maximum absolute atomic E-state index is 3.91. The molecule has 1 nitrogen and oxygen atoms in total.